The number of carbonyl (C=O) groups excluding carboxylic acids is 1. The summed E-state index contributed by atoms with van der Waals surface area (Å²) in [6.07, 6.45) is -1.32. The Labute approximate surface area is 98.2 Å². The van der Waals surface area contributed by atoms with Crippen LogP contribution in [0.2, 0.25) is 0 Å². The average Bonchev–Trinajstić information content (AvgIpc) is 2.22. The van der Waals surface area contributed by atoms with Crippen LogP contribution in [0, 0.1) is 0 Å². The number of nitrogens with one attached hydrogen (secondary N) is 1. The number of amides is 1. The van der Waals surface area contributed by atoms with Gasteiger partial charge in [0.25, 0.3) is 0 Å². The summed E-state index contributed by atoms with van der Waals surface area (Å²) in [5, 5.41) is 19.9. The number of nitrogens with two attached hydrogens (primary N) is 1. The van der Waals surface area contributed by atoms with E-state index < -0.39 is 24.4 Å². The van der Waals surface area contributed by atoms with Crippen LogP contribution in [0.5, 0.6) is 0 Å². The van der Waals surface area contributed by atoms with Crippen LogP contribution in [0.1, 0.15) is 6.42 Å². The van der Waals surface area contributed by atoms with Crippen LogP contribution in [0.15, 0.2) is 0 Å². The van der Waals surface area contributed by atoms with Gasteiger partial charge in [-0.25, -0.2) is 0 Å². The quantitative estimate of drug-likeness (QED) is 0.234. The van der Waals surface area contributed by atoms with Crippen LogP contribution in [0.3, 0.4) is 0 Å². The van der Waals surface area contributed by atoms with Gasteiger partial charge in [0.05, 0.1) is 12.8 Å². The van der Waals surface area contributed by atoms with Crippen LogP contribution in [-0.2, 0) is 9.59 Å². The fourth-order valence-electron chi connectivity index (χ4n) is 0.950. The number of hydrogen-bond acceptors (Lipinski definition) is 5. The first-order chi connectivity index (χ1) is 7.49. The third kappa shape index (κ3) is 7.41. The number of carboxylic acids is 1. The van der Waals surface area contributed by atoms with Crippen LogP contribution in [0.25, 0.3) is 0 Å². The first-order valence-corrected chi connectivity index (χ1v) is 5.18. The summed E-state index contributed by atoms with van der Waals surface area (Å²) in [5.41, 5.74) is 5.37. The number of rotatable bonds is 8. The van der Waals surface area contributed by atoms with E-state index in [1.54, 1.807) is 0 Å². The maximum Gasteiger partial charge on any atom is 0.312 e. The lowest BCUT2D eigenvalue weighted by Gasteiger charge is -2.22. The molecular formula is C8H16ClN3O4. The van der Waals surface area contributed by atoms with Crippen molar-refractivity contribution in [2.24, 2.45) is 5.73 Å². The highest BCUT2D eigenvalue weighted by atomic mass is 35.5. The molecule has 0 saturated carbocycles. The molecule has 0 aromatic heterocycles. The highest BCUT2D eigenvalue weighted by Gasteiger charge is 2.12. The monoisotopic (exact) mass is 253 g/mol. The molecule has 0 bridgehead atoms. The molecule has 0 aliphatic rings. The maximum atomic E-state index is 11.0. The molecule has 5 N–H and O–H groups in total. The smallest absolute Gasteiger partial charge is 0.312 e. The van der Waals surface area contributed by atoms with E-state index in [1.165, 1.54) is 4.90 Å². The molecule has 0 saturated heterocycles. The fraction of sp³-hybridized carbons (Fsp3) is 0.750. The van der Waals surface area contributed by atoms with Crippen LogP contribution >= 0.6 is 11.6 Å². The van der Waals surface area contributed by atoms with Crippen LogP contribution in [-0.4, -0.2) is 58.9 Å². The van der Waals surface area contributed by atoms with E-state index in [1.807, 2.05) is 0 Å². The molecule has 1 atom stereocenters. The Morgan fingerprint density at radius 2 is 2.12 bits per heavy atom. The zero-order chi connectivity index (χ0) is 12.6. The minimum atomic E-state index is -1.20. The Morgan fingerprint density at radius 1 is 1.50 bits per heavy atom. The lowest BCUT2D eigenvalue weighted by molar-refractivity contribution is -0.140. The Hall–Kier alpha value is -0.890. The summed E-state index contributed by atoms with van der Waals surface area (Å²) in [4.78, 5) is 22.7. The fourth-order valence-corrected chi connectivity index (χ4v) is 1.05. The zero-order valence-corrected chi connectivity index (χ0v) is 9.48. The van der Waals surface area contributed by atoms with Crippen molar-refractivity contribution in [1.29, 1.82) is 0 Å². The van der Waals surface area contributed by atoms with Crippen molar-refractivity contribution < 1.29 is 19.8 Å². The second-order valence-electron chi connectivity index (χ2n) is 3.17. The number of aliphatic carboxylic acids is 1. The van der Waals surface area contributed by atoms with Crippen molar-refractivity contribution in [3.05, 3.63) is 0 Å². The summed E-state index contributed by atoms with van der Waals surface area (Å²) in [6, 6.07) is 0. The largest absolute Gasteiger partial charge is 0.481 e. The van der Waals surface area contributed by atoms with Gasteiger partial charge in [-0.2, -0.15) is 0 Å². The minimum Gasteiger partial charge on any atom is -0.481 e. The zero-order valence-electron chi connectivity index (χ0n) is 8.73. The summed E-state index contributed by atoms with van der Waals surface area (Å²) < 4.78 is 0. The average molecular weight is 254 g/mol. The molecule has 0 spiro atoms. The number of carbonyl (C=O) groups is 2. The van der Waals surface area contributed by atoms with Gasteiger partial charge in [0.2, 0.25) is 5.91 Å². The maximum absolute atomic E-state index is 11.0. The third-order valence-electron chi connectivity index (χ3n) is 1.72. The molecule has 0 aromatic carbocycles. The Morgan fingerprint density at radius 3 is 2.56 bits per heavy atom. The molecule has 1 unspecified atom stereocenters. The molecule has 0 aliphatic heterocycles. The first-order valence-electron chi connectivity index (χ1n) is 4.64. The van der Waals surface area contributed by atoms with E-state index in [0.29, 0.717) is 0 Å². The lowest BCUT2D eigenvalue weighted by atomic mass is 10.4. The molecule has 94 valence electrons. The van der Waals surface area contributed by atoms with Gasteiger partial charge in [0.1, 0.15) is 6.42 Å². The van der Waals surface area contributed by atoms with Gasteiger partial charge in [-0.15, -0.1) is 11.6 Å². The molecule has 0 rings (SSSR count). The number of halogens is 1. The molecule has 16 heavy (non-hydrogen) atoms. The molecule has 8 heteroatoms. The lowest BCUT2D eigenvalue weighted by Crippen LogP contribution is -2.44. The van der Waals surface area contributed by atoms with Crippen molar-refractivity contribution in [2.45, 2.75) is 12.5 Å². The second-order valence-corrected chi connectivity index (χ2v) is 3.48. The van der Waals surface area contributed by atoms with Gasteiger partial charge < -0.3 is 21.3 Å². The van der Waals surface area contributed by atoms with E-state index in [4.69, 9.17) is 22.4 Å². The molecular weight excluding hydrogens is 238 g/mol. The summed E-state index contributed by atoms with van der Waals surface area (Å²) in [7, 11) is 0. The number of aliphatic hydroxyl groups excluding tert-OH is 1. The highest BCUT2D eigenvalue weighted by Crippen LogP contribution is 1.92. The molecule has 7 nitrogen and oxygen atoms in total. The molecule has 0 heterocycles. The molecule has 0 fully saturated rings. The predicted octanol–water partition coefficient (Wildman–Crippen LogP) is -1.65. The summed E-state index contributed by atoms with van der Waals surface area (Å²) >= 11 is 5.40. The van der Waals surface area contributed by atoms with E-state index in [9.17, 15) is 14.7 Å². The van der Waals surface area contributed by atoms with Gasteiger partial charge in [-0.1, -0.05) is 0 Å². The van der Waals surface area contributed by atoms with Gasteiger partial charge in [0, 0.05) is 19.1 Å². The standard InChI is InChI=1S/C8H16ClN3O4/c9-2-6(13)3-12(4-10)5-11-7(14)1-8(15)16/h6,13H,1-5,10H2,(H,11,14)(H,15,16). The van der Waals surface area contributed by atoms with Crippen LogP contribution in [0.4, 0.5) is 0 Å². The molecule has 0 aliphatic carbocycles. The van der Waals surface area contributed by atoms with Crippen molar-refractivity contribution in [3.8, 4) is 0 Å². The van der Waals surface area contributed by atoms with E-state index in [0.717, 1.165) is 0 Å². The number of nitrogens with zero attached hydrogens (tertiary/aromatic N) is 1. The van der Waals surface area contributed by atoms with Crippen molar-refractivity contribution in [1.82, 2.24) is 10.2 Å². The topological polar surface area (TPSA) is 116 Å². The summed E-state index contributed by atoms with van der Waals surface area (Å²) in [6.45, 7) is 0.422. The van der Waals surface area contributed by atoms with Gasteiger partial charge in [0.15, 0.2) is 0 Å². The number of hydrogen-bond donors (Lipinski definition) is 4. The van der Waals surface area contributed by atoms with Crippen molar-refractivity contribution in [2.75, 3.05) is 25.8 Å². The molecule has 1 amide bonds. The van der Waals surface area contributed by atoms with Gasteiger partial charge in [-0.05, 0) is 0 Å². The minimum absolute atomic E-state index is 0.0690. The highest BCUT2D eigenvalue weighted by molar-refractivity contribution is 6.18. The first kappa shape index (κ1) is 15.1. The Bertz CT molecular complexity index is 239. The third-order valence-corrected chi connectivity index (χ3v) is 2.07. The van der Waals surface area contributed by atoms with Crippen LogP contribution < -0.4 is 11.1 Å². The van der Waals surface area contributed by atoms with E-state index >= 15 is 0 Å². The molecule has 0 radical (unpaired) electrons. The second kappa shape index (κ2) is 8.28. The number of aliphatic hydroxyl groups is 1. The SMILES string of the molecule is NCN(CNC(=O)CC(=O)O)CC(O)CCl. The van der Waals surface area contributed by atoms with E-state index in [2.05, 4.69) is 5.32 Å². The van der Waals surface area contributed by atoms with Crippen molar-refractivity contribution >= 4 is 23.5 Å². The normalized spacial score (nSPS) is 12.5. The van der Waals surface area contributed by atoms with Gasteiger partial charge >= 0.3 is 5.97 Å². The number of carboxylic acid groups (broad SMARTS) is 1. The van der Waals surface area contributed by atoms with Crippen molar-refractivity contribution in [3.63, 3.8) is 0 Å². The number of alkyl halides is 1. The predicted molar refractivity (Wildman–Crippen MR) is 57.7 cm³/mol. The molecule has 0 aromatic rings. The van der Waals surface area contributed by atoms with Gasteiger partial charge in [-0.3, -0.25) is 14.5 Å². The Kier molecular flexibility index (Phi) is 7.82. The van der Waals surface area contributed by atoms with E-state index in [-0.39, 0.29) is 25.8 Å². The Balaban J connectivity index is 3.86. The summed E-state index contributed by atoms with van der Waals surface area (Å²) in [5.74, 6) is -1.73.